The van der Waals surface area contributed by atoms with E-state index in [0.29, 0.717) is 5.02 Å². The highest BCUT2D eigenvalue weighted by molar-refractivity contribution is 6.31. The number of hydrazone groups is 1. The summed E-state index contributed by atoms with van der Waals surface area (Å²) in [4.78, 5) is 0. The first-order chi connectivity index (χ1) is 14.0. The van der Waals surface area contributed by atoms with Crippen molar-refractivity contribution in [2.24, 2.45) is 5.10 Å². The van der Waals surface area contributed by atoms with Gasteiger partial charge in [0.05, 0.1) is 11.8 Å². The van der Waals surface area contributed by atoms with Crippen molar-refractivity contribution in [1.82, 2.24) is 5.01 Å². The van der Waals surface area contributed by atoms with E-state index in [1.807, 2.05) is 42.5 Å². The van der Waals surface area contributed by atoms with Gasteiger partial charge in [-0.05, 0) is 55.3 Å². The Labute approximate surface area is 180 Å². The van der Waals surface area contributed by atoms with Gasteiger partial charge in [0, 0.05) is 27.6 Å². The van der Waals surface area contributed by atoms with Crippen LogP contribution in [-0.2, 0) is 0 Å². The molecule has 5 rings (SSSR count). The summed E-state index contributed by atoms with van der Waals surface area (Å²) >= 11 is 12.4. The summed E-state index contributed by atoms with van der Waals surface area (Å²) in [5.74, 6) is 0.869. The Morgan fingerprint density at radius 3 is 2.41 bits per heavy atom. The molecule has 0 unspecified atom stereocenters. The van der Waals surface area contributed by atoms with Crippen LogP contribution < -0.4 is 4.74 Å². The molecule has 2 heterocycles. The van der Waals surface area contributed by atoms with E-state index < -0.39 is 0 Å². The summed E-state index contributed by atoms with van der Waals surface area (Å²) in [5, 5.41) is 8.51. The van der Waals surface area contributed by atoms with Gasteiger partial charge in [0.1, 0.15) is 5.75 Å². The van der Waals surface area contributed by atoms with E-state index in [2.05, 4.69) is 37.1 Å². The van der Waals surface area contributed by atoms with Crippen molar-refractivity contribution in [2.45, 2.75) is 32.5 Å². The smallest absolute Gasteiger partial charge is 0.214 e. The number of rotatable bonds is 2. The van der Waals surface area contributed by atoms with Gasteiger partial charge in [-0.15, -0.1) is 0 Å². The summed E-state index contributed by atoms with van der Waals surface area (Å²) in [7, 11) is 0. The third-order valence-electron chi connectivity index (χ3n) is 5.62. The summed E-state index contributed by atoms with van der Waals surface area (Å²) in [6, 6.07) is 20.2. The standard InChI is InChI=1S/C24H20Cl2N2O/c1-14-3-9-19(15(2)11-14)24-28-22(20-12-18(26)8-10-23(20)29-24)13-21(27-28)16-4-6-17(25)7-5-16/h3-12,22,24H,13H2,1-2H3/t22-,24-/m0/s1. The minimum absolute atomic E-state index is 0.0776. The lowest BCUT2D eigenvalue weighted by Gasteiger charge is -2.38. The average molecular weight is 423 g/mol. The van der Waals surface area contributed by atoms with Crippen molar-refractivity contribution in [3.8, 4) is 5.75 Å². The lowest BCUT2D eigenvalue weighted by atomic mass is 9.95. The van der Waals surface area contributed by atoms with Crippen molar-refractivity contribution < 1.29 is 4.74 Å². The van der Waals surface area contributed by atoms with Gasteiger partial charge in [-0.1, -0.05) is 59.1 Å². The number of hydrogen-bond donors (Lipinski definition) is 0. The lowest BCUT2D eigenvalue weighted by Crippen LogP contribution is -2.34. The maximum Gasteiger partial charge on any atom is 0.214 e. The van der Waals surface area contributed by atoms with Crippen LogP contribution in [0.2, 0.25) is 10.0 Å². The van der Waals surface area contributed by atoms with Crippen LogP contribution in [0, 0.1) is 13.8 Å². The van der Waals surface area contributed by atoms with Gasteiger partial charge in [0.25, 0.3) is 0 Å². The summed E-state index contributed by atoms with van der Waals surface area (Å²) in [6.07, 6.45) is 0.513. The van der Waals surface area contributed by atoms with Crippen LogP contribution in [0.25, 0.3) is 0 Å². The first kappa shape index (κ1) is 18.5. The minimum atomic E-state index is -0.279. The predicted octanol–water partition coefficient (Wildman–Crippen LogP) is 6.85. The number of fused-ring (bicyclic) bond motifs is 3. The Morgan fingerprint density at radius 1 is 0.897 bits per heavy atom. The Balaban J connectivity index is 1.62. The molecule has 3 aromatic carbocycles. The molecule has 3 aromatic rings. The molecule has 3 nitrogen and oxygen atoms in total. The maximum atomic E-state index is 6.45. The number of benzene rings is 3. The number of nitrogens with zero attached hydrogens (tertiary/aromatic N) is 2. The lowest BCUT2D eigenvalue weighted by molar-refractivity contribution is -0.0194. The minimum Gasteiger partial charge on any atom is -0.464 e. The molecule has 2 atom stereocenters. The quantitative estimate of drug-likeness (QED) is 0.450. The molecule has 0 aliphatic carbocycles. The van der Waals surface area contributed by atoms with Gasteiger partial charge < -0.3 is 4.74 Å². The highest BCUT2D eigenvalue weighted by Crippen LogP contribution is 2.48. The van der Waals surface area contributed by atoms with Gasteiger partial charge >= 0.3 is 0 Å². The fraction of sp³-hybridized carbons (Fsp3) is 0.208. The van der Waals surface area contributed by atoms with Crippen LogP contribution in [0.15, 0.2) is 65.8 Å². The number of hydrogen-bond acceptors (Lipinski definition) is 3. The summed E-state index contributed by atoms with van der Waals surface area (Å²) < 4.78 is 6.45. The Hall–Kier alpha value is -2.49. The number of ether oxygens (including phenoxy) is 1. The zero-order valence-electron chi connectivity index (χ0n) is 16.2. The van der Waals surface area contributed by atoms with E-state index in [4.69, 9.17) is 33.0 Å². The van der Waals surface area contributed by atoms with Crippen LogP contribution in [0.4, 0.5) is 0 Å². The second-order valence-corrected chi connectivity index (χ2v) is 8.54. The molecule has 0 spiro atoms. The van der Waals surface area contributed by atoms with Crippen LogP contribution in [0.3, 0.4) is 0 Å². The Kier molecular flexibility index (Phi) is 4.53. The van der Waals surface area contributed by atoms with E-state index in [9.17, 15) is 0 Å². The van der Waals surface area contributed by atoms with E-state index in [-0.39, 0.29) is 12.3 Å². The van der Waals surface area contributed by atoms with E-state index in [1.54, 1.807) is 0 Å². The maximum absolute atomic E-state index is 6.45. The van der Waals surface area contributed by atoms with Gasteiger partial charge in [-0.2, -0.15) is 5.10 Å². The molecule has 0 N–H and O–H groups in total. The van der Waals surface area contributed by atoms with E-state index in [0.717, 1.165) is 39.6 Å². The van der Waals surface area contributed by atoms with Crippen LogP contribution in [-0.4, -0.2) is 10.7 Å². The summed E-state index contributed by atoms with van der Waals surface area (Å²) in [5.41, 5.74) is 6.73. The molecular formula is C24H20Cl2N2O. The molecule has 29 heavy (non-hydrogen) atoms. The molecule has 5 heteroatoms. The SMILES string of the molecule is Cc1ccc([C@@H]2Oc3ccc(Cl)cc3[C@@H]3CC(c4ccc(Cl)cc4)=NN32)c(C)c1. The highest BCUT2D eigenvalue weighted by atomic mass is 35.5. The van der Waals surface area contributed by atoms with Crippen LogP contribution in [0.1, 0.15) is 46.5 Å². The Bertz CT molecular complexity index is 1120. The first-order valence-electron chi connectivity index (χ1n) is 9.64. The monoisotopic (exact) mass is 422 g/mol. The van der Waals surface area contributed by atoms with E-state index >= 15 is 0 Å². The van der Waals surface area contributed by atoms with Gasteiger partial charge in [-0.25, -0.2) is 5.01 Å². The van der Waals surface area contributed by atoms with Gasteiger partial charge in [0.2, 0.25) is 6.23 Å². The third kappa shape index (κ3) is 3.29. The van der Waals surface area contributed by atoms with Crippen molar-refractivity contribution in [1.29, 1.82) is 0 Å². The number of aryl methyl sites for hydroxylation is 2. The fourth-order valence-electron chi connectivity index (χ4n) is 4.18. The van der Waals surface area contributed by atoms with Gasteiger partial charge in [-0.3, -0.25) is 0 Å². The molecule has 0 saturated heterocycles. The fourth-order valence-corrected chi connectivity index (χ4v) is 4.49. The molecule has 2 aliphatic heterocycles. The third-order valence-corrected chi connectivity index (χ3v) is 6.11. The molecule has 2 aliphatic rings. The van der Waals surface area contributed by atoms with Gasteiger partial charge in [0.15, 0.2) is 0 Å². The zero-order chi connectivity index (χ0) is 20.1. The molecule has 0 amide bonds. The molecule has 0 fully saturated rings. The molecule has 0 bridgehead atoms. The van der Waals surface area contributed by atoms with Crippen molar-refractivity contribution in [2.75, 3.05) is 0 Å². The van der Waals surface area contributed by atoms with Crippen LogP contribution >= 0.6 is 23.2 Å². The summed E-state index contributed by atoms with van der Waals surface area (Å²) in [6.45, 7) is 4.23. The molecule has 0 saturated carbocycles. The highest BCUT2D eigenvalue weighted by Gasteiger charge is 2.41. The normalized spacial score (nSPS) is 20.0. The zero-order valence-corrected chi connectivity index (χ0v) is 17.7. The first-order valence-corrected chi connectivity index (χ1v) is 10.4. The van der Waals surface area contributed by atoms with Crippen LogP contribution in [0.5, 0.6) is 5.75 Å². The number of halogens is 2. The largest absolute Gasteiger partial charge is 0.464 e. The molecule has 0 aromatic heterocycles. The second kappa shape index (κ2) is 7.08. The second-order valence-electron chi connectivity index (χ2n) is 7.67. The molecular weight excluding hydrogens is 403 g/mol. The average Bonchev–Trinajstić information content (AvgIpc) is 3.14. The van der Waals surface area contributed by atoms with Crippen molar-refractivity contribution in [3.05, 3.63) is 98.5 Å². The van der Waals surface area contributed by atoms with Crippen molar-refractivity contribution in [3.63, 3.8) is 0 Å². The molecule has 0 radical (unpaired) electrons. The molecule has 146 valence electrons. The topological polar surface area (TPSA) is 24.8 Å². The van der Waals surface area contributed by atoms with E-state index in [1.165, 1.54) is 11.1 Å². The van der Waals surface area contributed by atoms with Crippen molar-refractivity contribution >= 4 is 28.9 Å². The Morgan fingerprint density at radius 2 is 1.66 bits per heavy atom. The predicted molar refractivity (Wildman–Crippen MR) is 118 cm³/mol.